The Labute approximate surface area is 103 Å². The lowest BCUT2D eigenvalue weighted by Gasteiger charge is -2.03. The molecule has 1 N–H and O–H groups in total. The van der Waals surface area contributed by atoms with Crippen molar-refractivity contribution < 1.29 is 4.42 Å². The SMILES string of the molecule is CNCc1ncoc1-c1cc(C)cc(Br)c1. The zero-order valence-electron chi connectivity index (χ0n) is 9.25. The second-order valence-corrected chi connectivity index (χ2v) is 4.59. The minimum absolute atomic E-state index is 0.706. The molecule has 1 aromatic carbocycles. The Morgan fingerprint density at radius 1 is 1.38 bits per heavy atom. The first-order chi connectivity index (χ1) is 7.70. The molecule has 0 fully saturated rings. The molecule has 1 aromatic heterocycles. The van der Waals surface area contributed by atoms with E-state index in [9.17, 15) is 0 Å². The van der Waals surface area contributed by atoms with Crippen LogP contribution < -0.4 is 5.32 Å². The van der Waals surface area contributed by atoms with Crippen molar-refractivity contribution in [1.82, 2.24) is 10.3 Å². The van der Waals surface area contributed by atoms with E-state index in [1.165, 1.54) is 12.0 Å². The molecule has 0 aliphatic rings. The van der Waals surface area contributed by atoms with Gasteiger partial charge in [-0.25, -0.2) is 4.98 Å². The quantitative estimate of drug-likeness (QED) is 0.939. The van der Waals surface area contributed by atoms with Crippen molar-refractivity contribution in [2.24, 2.45) is 0 Å². The first-order valence-electron chi connectivity index (χ1n) is 5.05. The molecule has 0 saturated carbocycles. The molecule has 4 heteroatoms. The molecular formula is C12H13BrN2O. The maximum absolute atomic E-state index is 5.44. The van der Waals surface area contributed by atoms with Crippen LogP contribution in [0, 0.1) is 6.92 Å². The summed E-state index contributed by atoms with van der Waals surface area (Å²) in [7, 11) is 1.89. The summed E-state index contributed by atoms with van der Waals surface area (Å²) in [6.07, 6.45) is 1.48. The molecule has 2 rings (SSSR count). The van der Waals surface area contributed by atoms with Crippen molar-refractivity contribution in [3.05, 3.63) is 40.3 Å². The normalized spacial score (nSPS) is 10.7. The number of rotatable bonds is 3. The highest BCUT2D eigenvalue weighted by Gasteiger charge is 2.10. The summed E-state index contributed by atoms with van der Waals surface area (Å²) in [5.74, 6) is 0.832. The van der Waals surface area contributed by atoms with Crippen molar-refractivity contribution >= 4 is 15.9 Å². The van der Waals surface area contributed by atoms with Gasteiger partial charge in [-0.3, -0.25) is 0 Å². The Bertz CT molecular complexity index is 473. The average Bonchev–Trinajstić information content (AvgIpc) is 2.65. The molecule has 84 valence electrons. The molecule has 3 nitrogen and oxygen atoms in total. The molecular weight excluding hydrogens is 268 g/mol. The third-order valence-electron chi connectivity index (χ3n) is 2.29. The van der Waals surface area contributed by atoms with Gasteiger partial charge in [0, 0.05) is 16.6 Å². The maximum Gasteiger partial charge on any atom is 0.181 e. The van der Waals surface area contributed by atoms with E-state index in [-0.39, 0.29) is 0 Å². The molecule has 0 amide bonds. The lowest BCUT2D eigenvalue weighted by atomic mass is 10.1. The van der Waals surface area contributed by atoms with Crippen LogP contribution in [-0.4, -0.2) is 12.0 Å². The van der Waals surface area contributed by atoms with E-state index in [0.717, 1.165) is 21.5 Å². The zero-order valence-corrected chi connectivity index (χ0v) is 10.8. The van der Waals surface area contributed by atoms with Crippen LogP contribution in [0.2, 0.25) is 0 Å². The number of hydrogen-bond donors (Lipinski definition) is 1. The van der Waals surface area contributed by atoms with Gasteiger partial charge in [-0.15, -0.1) is 0 Å². The fourth-order valence-electron chi connectivity index (χ4n) is 1.66. The van der Waals surface area contributed by atoms with Gasteiger partial charge in [0.1, 0.15) is 5.69 Å². The number of halogens is 1. The molecule has 0 aliphatic carbocycles. The largest absolute Gasteiger partial charge is 0.443 e. The van der Waals surface area contributed by atoms with Crippen LogP contribution in [0.15, 0.2) is 33.5 Å². The summed E-state index contributed by atoms with van der Waals surface area (Å²) in [6.45, 7) is 2.76. The van der Waals surface area contributed by atoms with Crippen molar-refractivity contribution in [3.63, 3.8) is 0 Å². The summed E-state index contributed by atoms with van der Waals surface area (Å²) in [6, 6.07) is 6.19. The van der Waals surface area contributed by atoms with E-state index >= 15 is 0 Å². The minimum atomic E-state index is 0.706. The fourth-order valence-corrected chi connectivity index (χ4v) is 2.27. The predicted molar refractivity (Wildman–Crippen MR) is 67.1 cm³/mol. The van der Waals surface area contributed by atoms with Crippen LogP contribution in [0.25, 0.3) is 11.3 Å². The van der Waals surface area contributed by atoms with Crippen molar-refractivity contribution in [1.29, 1.82) is 0 Å². The van der Waals surface area contributed by atoms with E-state index < -0.39 is 0 Å². The van der Waals surface area contributed by atoms with Gasteiger partial charge in [0.15, 0.2) is 12.2 Å². The summed E-state index contributed by atoms with van der Waals surface area (Å²) in [5.41, 5.74) is 3.17. The van der Waals surface area contributed by atoms with E-state index in [4.69, 9.17) is 4.42 Å². The van der Waals surface area contributed by atoms with E-state index in [1.807, 2.05) is 13.1 Å². The highest BCUT2D eigenvalue weighted by molar-refractivity contribution is 9.10. The summed E-state index contributed by atoms with van der Waals surface area (Å²) in [4.78, 5) is 4.20. The van der Waals surface area contributed by atoms with E-state index in [1.54, 1.807) is 0 Å². The Morgan fingerprint density at radius 3 is 2.88 bits per heavy atom. The van der Waals surface area contributed by atoms with Crippen molar-refractivity contribution in [2.75, 3.05) is 7.05 Å². The first kappa shape index (κ1) is 11.4. The molecule has 0 atom stereocenters. The van der Waals surface area contributed by atoms with Crippen LogP contribution in [0.4, 0.5) is 0 Å². The molecule has 0 unspecified atom stereocenters. The number of benzene rings is 1. The Kier molecular flexibility index (Phi) is 3.41. The lowest BCUT2D eigenvalue weighted by Crippen LogP contribution is -2.06. The van der Waals surface area contributed by atoms with Gasteiger partial charge in [0.05, 0.1) is 0 Å². The molecule has 0 saturated heterocycles. The molecule has 0 radical (unpaired) electrons. The Morgan fingerprint density at radius 2 is 2.19 bits per heavy atom. The van der Waals surface area contributed by atoms with Crippen molar-refractivity contribution in [2.45, 2.75) is 13.5 Å². The first-order valence-corrected chi connectivity index (χ1v) is 5.84. The zero-order chi connectivity index (χ0) is 11.5. The van der Waals surface area contributed by atoms with E-state index in [2.05, 4.69) is 45.3 Å². The predicted octanol–water partition coefficient (Wildman–Crippen LogP) is 3.13. The maximum atomic E-state index is 5.44. The number of aryl methyl sites for hydroxylation is 1. The second-order valence-electron chi connectivity index (χ2n) is 3.68. The van der Waals surface area contributed by atoms with Gasteiger partial charge >= 0.3 is 0 Å². The smallest absolute Gasteiger partial charge is 0.181 e. The molecule has 2 aromatic rings. The second kappa shape index (κ2) is 4.80. The van der Waals surface area contributed by atoms with Gasteiger partial charge < -0.3 is 9.73 Å². The number of nitrogens with zero attached hydrogens (tertiary/aromatic N) is 1. The average molecular weight is 281 g/mol. The van der Waals surface area contributed by atoms with Crippen LogP contribution in [0.1, 0.15) is 11.3 Å². The van der Waals surface area contributed by atoms with Crippen LogP contribution in [0.5, 0.6) is 0 Å². The van der Waals surface area contributed by atoms with Crippen LogP contribution in [-0.2, 0) is 6.54 Å². The molecule has 0 spiro atoms. The summed E-state index contributed by atoms with van der Waals surface area (Å²) < 4.78 is 6.49. The Balaban J connectivity index is 2.45. The van der Waals surface area contributed by atoms with Gasteiger partial charge in [0.25, 0.3) is 0 Å². The highest BCUT2D eigenvalue weighted by Crippen LogP contribution is 2.27. The fraction of sp³-hybridized carbons (Fsp3) is 0.250. The summed E-state index contributed by atoms with van der Waals surface area (Å²) >= 11 is 3.48. The third kappa shape index (κ3) is 2.33. The van der Waals surface area contributed by atoms with Gasteiger partial charge in [-0.05, 0) is 37.7 Å². The van der Waals surface area contributed by atoms with Crippen molar-refractivity contribution in [3.8, 4) is 11.3 Å². The number of oxazole rings is 1. The molecule has 0 aliphatic heterocycles. The topological polar surface area (TPSA) is 38.1 Å². The summed E-state index contributed by atoms with van der Waals surface area (Å²) in [5, 5.41) is 3.08. The highest BCUT2D eigenvalue weighted by atomic mass is 79.9. The standard InChI is InChI=1S/C12H13BrN2O/c1-8-3-9(5-10(13)4-8)12-11(6-14-2)15-7-16-12/h3-5,7,14H,6H2,1-2H3. The molecule has 16 heavy (non-hydrogen) atoms. The third-order valence-corrected chi connectivity index (χ3v) is 2.75. The molecule has 0 bridgehead atoms. The van der Waals surface area contributed by atoms with Gasteiger partial charge in [0.2, 0.25) is 0 Å². The minimum Gasteiger partial charge on any atom is -0.443 e. The lowest BCUT2D eigenvalue weighted by molar-refractivity contribution is 0.570. The van der Waals surface area contributed by atoms with Crippen LogP contribution in [0.3, 0.4) is 0 Å². The van der Waals surface area contributed by atoms with E-state index in [0.29, 0.717) is 6.54 Å². The van der Waals surface area contributed by atoms with Gasteiger partial charge in [-0.2, -0.15) is 0 Å². The number of nitrogens with one attached hydrogen (secondary N) is 1. The number of hydrogen-bond acceptors (Lipinski definition) is 3. The number of aromatic nitrogens is 1. The Hall–Kier alpha value is -1.13. The molecule has 1 heterocycles. The monoisotopic (exact) mass is 280 g/mol. The van der Waals surface area contributed by atoms with Gasteiger partial charge in [-0.1, -0.05) is 15.9 Å². The van der Waals surface area contributed by atoms with Crippen LogP contribution >= 0.6 is 15.9 Å².